The van der Waals surface area contributed by atoms with Gasteiger partial charge < -0.3 is 9.73 Å². The van der Waals surface area contributed by atoms with Crippen LogP contribution in [0.1, 0.15) is 33.1 Å². The number of carbonyl (C=O) groups is 1. The molecule has 0 aliphatic heterocycles. The number of benzene rings is 2. The molecule has 10 heteroatoms. The summed E-state index contributed by atoms with van der Waals surface area (Å²) < 4.78 is 33.4. The van der Waals surface area contributed by atoms with Gasteiger partial charge in [0.25, 0.3) is 15.9 Å². The predicted molar refractivity (Wildman–Crippen MR) is 129 cm³/mol. The molecule has 4 rings (SSSR count). The fourth-order valence-corrected chi connectivity index (χ4v) is 4.53. The fraction of sp³-hybridized carbons (Fsp3) is 0.167. The third kappa shape index (κ3) is 4.81. The Morgan fingerprint density at radius 2 is 1.56 bits per heavy atom. The molecule has 0 unspecified atom stereocenters. The van der Waals surface area contributed by atoms with E-state index in [4.69, 9.17) is 4.42 Å². The van der Waals surface area contributed by atoms with E-state index in [-0.39, 0.29) is 22.0 Å². The molecule has 0 saturated carbocycles. The zero-order valence-corrected chi connectivity index (χ0v) is 19.8. The summed E-state index contributed by atoms with van der Waals surface area (Å²) in [6.07, 6.45) is 0. The predicted octanol–water partition coefficient (Wildman–Crippen LogP) is 3.87. The van der Waals surface area contributed by atoms with Gasteiger partial charge in [-0.3, -0.25) is 9.59 Å². The number of carbonyl (C=O) groups excluding carboxylic acids is 1. The van der Waals surface area contributed by atoms with Crippen molar-refractivity contribution < 1.29 is 17.6 Å². The van der Waals surface area contributed by atoms with Crippen molar-refractivity contribution in [3.63, 3.8) is 0 Å². The number of nitrogens with zero attached hydrogens (tertiary/aromatic N) is 2. The Morgan fingerprint density at radius 3 is 2.21 bits per heavy atom. The summed E-state index contributed by atoms with van der Waals surface area (Å²) in [6, 6.07) is 12.0. The van der Waals surface area contributed by atoms with Crippen LogP contribution < -0.4 is 15.5 Å². The van der Waals surface area contributed by atoms with E-state index in [2.05, 4.69) is 20.0 Å². The molecular weight excluding hydrogens is 456 g/mol. The molecule has 0 aliphatic carbocycles. The van der Waals surface area contributed by atoms with E-state index in [1.54, 1.807) is 32.9 Å². The minimum Gasteiger partial charge on any atom is -0.450 e. The van der Waals surface area contributed by atoms with Gasteiger partial charge in [0.05, 0.1) is 10.3 Å². The van der Waals surface area contributed by atoms with Gasteiger partial charge in [0.2, 0.25) is 5.95 Å². The molecule has 0 aliphatic rings. The quantitative estimate of drug-likeness (QED) is 0.445. The summed E-state index contributed by atoms with van der Waals surface area (Å²) >= 11 is 0. The van der Waals surface area contributed by atoms with Crippen LogP contribution in [0.2, 0.25) is 0 Å². The van der Waals surface area contributed by atoms with E-state index in [1.807, 2.05) is 13.0 Å². The van der Waals surface area contributed by atoms with E-state index in [0.717, 1.165) is 17.2 Å². The van der Waals surface area contributed by atoms with Crippen molar-refractivity contribution in [1.82, 2.24) is 9.97 Å². The van der Waals surface area contributed by atoms with Crippen molar-refractivity contribution in [2.45, 2.75) is 32.6 Å². The van der Waals surface area contributed by atoms with Gasteiger partial charge in [0.1, 0.15) is 5.58 Å². The lowest BCUT2D eigenvalue weighted by Crippen LogP contribution is -2.17. The summed E-state index contributed by atoms with van der Waals surface area (Å²) in [7, 11) is -3.93. The van der Waals surface area contributed by atoms with E-state index in [9.17, 15) is 18.0 Å². The highest BCUT2D eigenvalue weighted by atomic mass is 32.2. The third-order valence-corrected chi connectivity index (χ3v) is 6.36. The second-order valence-corrected chi connectivity index (χ2v) is 9.67. The third-order valence-electron chi connectivity index (χ3n) is 5.01. The number of amides is 1. The van der Waals surface area contributed by atoms with Gasteiger partial charge in [0.15, 0.2) is 11.2 Å². The maximum atomic E-state index is 12.7. The number of sulfonamides is 1. The molecule has 2 heterocycles. The lowest BCUT2D eigenvalue weighted by atomic mass is 10.1. The van der Waals surface area contributed by atoms with Crippen LogP contribution in [0.25, 0.3) is 11.0 Å². The molecule has 0 bridgehead atoms. The normalized spacial score (nSPS) is 11.4. The van der Waals surface area contributed by atoms with Gasteiger partial charge in [-0.15, -0.1) is 0 Å². The van der Waals surface area contributed by atoms with Gasteiger partial charge >= 0.3 is 0 Å². The highest BCUT2D eigenvalue weighted by Gasteiger charge is 2.18. The molecule has 0 atom stereocenters. The highest BCUT2D eigenvalue weighted by molar-refractivity contribution is 7.92. The first kappa shape index (κ1) is 23.1. The van der Waals surface area contributed by atoms with Crippen LogP contribution in [0.5, 0.6) is 0 Å². The molecule has 2 aromatic heterocycles. The van der Waals surface area contributed by atoms with Gasteiger partial charge in [-0.1, -0.05) is 6.07 Å². The van der Waals surface area contributed by atoms with Crippen molar-refractivity contribution in [2.75, 3.05) is 10.0 Å². The first-order valence-electron chi connectivity index (χ1n) is 10.3. The number of aryl methyl sites for hydroxylation is 4. The van der Waals surface area contributed by atoms with Crippen LogP contribution in [0.15, 0.2) is 62.6 Å². The molecular formula is C24H22N4O5S. The van der Waals surface area contributed by atoms with Crippen molar-refractivity contribution in [2.24, 2.45) is 0 Å². The van der Waals surface area contributed by atoms with Gasteiger partial charge in [0, 0.05) is 23.1 Å². The maximum absolute atomic E-state index is 12.7. The molecule has 0 fully saturated rings. The SMILES string of the molecule is Cc1cc(C)c2oc(C(=O)Nc3ccc(S(=O)(=O)Nc4nc(C)cc(C)n4)cc3)cc(=O)c2c1. The van der Waals surface area contributed by atoms with Crippen molar-refractivity contribution in [3.8, 4) is 0 Å². The monoisotopic (exact) mass is 478 g/mol. The Kier molecular flexibility index (Phi) is 5.92. The van der Waals surface area contributed by atoms with Crippen LogP contribution in [0.4, 0.5) is 11.6 Å². The van der Waals surface area contributed by atoms with Crippen LogP contribution in [0, 0.1) is 27.7 Å². The van der Waals surface area contributed by atoms with Gasteiger partial charge in [-0.05, 0) is 75.2 Å². The van der Waals surface area contributed by atoms with E-state index in [1.165, 1.54) is 24.3 Å². The summed E-state index contributed by atoms with van der Waals surface area (Å²) in [4.78, 5) is 33.3. The van der Waals surface area contributed by atoms with Crippen LogP contribution >= 0.6 is 0 Å². The highest BCUT2D eigenvalue weighted by Crippen LogP contribution is 2.21. The number of hydrogen-bond acceptors (Lipinski definition) is 7. The fourth-order valence-electron chi connectivity index (χ4n) is 3.58. The number of aromatic nitrogens is 2. The molecule has 0 radical (unpaired) electrons. The maximum Gasteiger partial charge on any atom is 0.291 e. The second-order valence-electron chi connectivity index (χ2n) is 7.99. The lowest BCUT2D eigenvalue weighted by molar-refractivity contribution is 0.0997. The number of fused-ring (bicyclic) bond motifs is 1. The van der Waals surface area contributed by atoms with Crippen LogP contribution in [-0.2, 0) is 10.0 Å². The number of hydrogen-bond donors (Lipinski definition) is 2. The van der Waals surface area contributed by atoms with E-state index < -0.39 is 15.9 Å². The molecule has 4 aromatic rings. The molecule has 2 aromatic carbocycles. The second kappa shape index (κ2) is 8.71. The largest absolute Gasteiger partial charge is 0.450 e. The summed E-state index contributed by atoms with van der Waals surface area (Å²) in [5, 5.41) is 3.02. The molecule has 0 spiro atoms. The molecule has 9 nitrogen and oxygen atoms in total. The Labute approximate surface area is 195 Å². The first-order chi connectivity index (χ1) is 16.0. The van der Waals surface area contributed by atoms with Gasteiger partial charge in [-0.2, -0.15) is 0 Å². The first-order valence-corrected chi connectivity index (χ1v) is 11.8. The van der Waals surface area contributed by atoms with Crippen LogP contribution in [0.3, 0.4) is 0 Å². The smallest absolute Gasteiger partial charge is 0.291 e. The molecule has 0 saturated heterocycles. The number of rotatable bonds is 5. The summed E-state index contributed by atoms with van der Waals surface area (Å²) in [6.45, 7) is 7.16. The van der Waals surface area contributed by atoms with Crippen molar-refractivity contribution >= 4 is 38.5 Å². The average molecular weight is 479 g/mol. The van der Waals surface area contributed by atoms with Gasteiger partial charge in [-0.25, -0.2) is 23.1 Å². The minimum atomic E-state index is -3.93. The van der Waals surface area contributed by atoms with Crippen molar-refractivity contribution in [1.29, 1.82) is 0 Å². The molecule has 34 heavy (non-hydrogen) atoms. The van der Waals surface area contributed by atoms with E-state index in [0.29, 0.717) is 28.0 Å². The summed E-state index contributed by atoms with van der Waals surface area (Å²) in [5.74, 6) is -0.794. The standard InChI is InChI=1S/C24H22N4O5S/c1-13-9-14(2)22-19(10-13)20(29)12-21(33-22)23(30)27-17-5-7-18(8-6-17)34(31,32)28-24-25-15(3)11-16(4)26-24/h5-12H,1-4H3,(H,27,30)(H,25,26,28). The molecule has 1 amide bonds. The molecule has 2 N–H and O–H groups in total. The Morgan fingerprint density at radius 1 is 0.912 bits per heavy atom. The molecule has 174 valence electrons. The zero-order chi connectivity index (χ0) is 24.6. The minimum absolute atomic E-state index is 0.0216. The van der Waals surface area contributed by atoms with Crippen molar-refractivity contribution in [3.05, 3.63) is 87.0 Å². The Hall–Kier alpha value is -4.05. The van der Waals surface area contributed by atoms with E-state index >= 15 is 0 Å². The number of nitrogens with one attached hydrogen (secondary N) is 2. The Balaban J connectivity index is 1.54. The topological polar surface area (TPSA) is 131 Å². The lowest BCUT2D eigenvalue weighted by Gasteiger charge is -2.10. The zero-order valence-electron chi connectivity index (χ0n) is 19.0. The average Bonchev–Trinajstić information content (AvgIpc) is 2.73. The van der Waals surface area contributed by atoms with Crippen LogP contribution in [-0.4, -0.2) is 24.3 Å². The summed E-state index contributed by atoms with van der Waals surface area (Å²) in [5.41, 5.74) is 3.29. The number of anilines is 2. The Bertz CT molecular complexity index is 1570.